The van der Waals surface area contributed by atoms with Crippen LogP contribution in [0.4, 0.5) is 11.5 Å². The van der Waals surface area contributed by atoms with Gasteiger partial charge in [-0.3, -0.25) is 10.1 Å². The lowest BCUT2D eigenvalue weighted by molar-refractivity contribution is -0.388. The SMILES string of the molecule is CCNc1ccc([N+](=O)[O-])c(Sc2nccc(C)n2)n1. The molecule has 0 spiro atoms. The average molecular weight is 291 g/mol. The summed E-state index contributed by atoms with van der Waals surface area (Å²) in [4.78, 5) is 23.1. The summed E-state index contributed by atoms with van der Waals surface area (Å²) in [6.07, 6.45) is 1.62. The smallest absolute Gasteiger partial charge is 0.301 e. The van der Waals surface area contributed by atoms with Crippen molar-refractivity contribution in [1.29, 1.82) is 0 Å². The van der Waals surface area contributed by atoms with Crippen molar-refractivity contribution in [2.45, 2.75) is 24.0 Å². The topological polar surface area (TPSA) is 93.8 Å². The molecule has 104 valence electrons. The van der Waals surface area contributed by atoms with E-state index in [1.807, 2.05) is 13.8 Å². The maximum absolute atomic E-state index is 11.0. The lowest BCUT2D eigenvalue weighted by Gasteiger charge is -2.05. The summed E-state index contributed by atoms with van der Waals surface area (Å²) in [6.45, 7) is 4.46. The zero-order valence-corrected chi connectivity index (χ0v) is 11.8. The molecule has 0 unspecified atom stereocenters. The van der Waals surface area contributed by atoms with Gasteiger partial charge in [0.05, 0.1) is 4.92 Å². The number of aryl methyl sites for hydroxylation is 1. The highest BCUT2D eigenvalue weighted by molar-refractivity contribution is 7.99. The van der Waals surface area contributed by atoms with Crippen molar-refractivity contribution in [2.24, 2.45) is 0 Å². The van der Waals surface area contributed by atoms with Crippen LogP contribution in [0.1, 0.15) is 12.6 Å². The number of anilines is 1. The second-order valence-corrected chi connectivity index (χ2v) is 4.85. The molecule has 0 aliphatic heterocycles. The van der Waals surface area contributed by atoms with Crippen molar-refractivity contribution in [2.75, 3.05) is 11.9 Å². The molecule has 0 saturated heterocycles. The first kappa shape index (κ1) is 14.2. The molecule has 20 heavy (non-hydrogen) atoms. The molecular formula is C12H13N5O2S. The summed E-state index contributed by atoms with van der Waals surface area (Å²) >= 11 is 1.08. The van der Waals surface area contributed by atoms with Gasteiger partial charge in [-0.25, -0.2) is 15.0 Å². The van der Waals surface area contributed by atoms with E-state index in [0.717, 1.165) is 17.5 Å². The molecule has 0 fully saturated rings. The number of nitrogens with one attached hydrogen (secondary N) is 1. The fourth-order valence-corrected chi connectivity index (χ4v) is 2.36. The monoisotopic (exact) mass is 291 g/mol. The van der Waals surface area contributed by atoms with Gasteiger partial charge in [-0.1, -0.05) is 0 Å². The highest BCUT2D eigenvalue weighted by Crippen LogP contribution is 2.32. The van der Waals surface area contributed by atoms with Crippen LogP contribution in [0.15, 0.2) is 34.6 Å². The molecule has 0 saturated carbocycles. The molecule has 2 aromatic heterocycles. The molecule has 7 nitrogen and oxygen atoms in total. The average Bonchev–Trinajstić information content (AvgIpc) is 2.39. The standard InChI is InChI=1S/C12H13N5O2S/c1-3-13-10-5-4-9(17(18)19)11(16-10)20-12-14-7-6-8(2)15-12/h4-7H,3H2,1-2H3,(H,13,16). The molecule has 2 aromatic rings. The van der Waals surface area contributed by atoms with Crippen molar-refractivity contribution in [3.05, 3.63) is 40.2 Å². The van der Waals surface area contributed by atoms with Gasteiger partial charge in [-0.05, 0) is 37.7 Å². The molecule has 1 N–H and O–H groups in total. The van der Waals surface area contributed by atoms with Crippen molar-refractivity contribution in [3.63, 3.8) is 0 Å². The molecule has 0 aliphatic carbocycles. The summed E-state index contributed by atoms with van der Waals surface area (Å²) < 4.78 is 0. The Kier molecular flexibility index (Phi) is 4.46. The lowest BCUT2D eigenvalue weighted by Crippen LogP contribution is -2.02. The van der Waals surface area contributed by atoms with Crippen LogP contribution < -0.4 is 5.32 Å². The number of aromatic nitrogens is 3. The molecule has 0 aromatic carbocycles. The van der Waals surface area contributed by atoms with E-state index in [9.17, 15) is 10.1 Å². The third-order valence-corrected chi connectivity index (χ3v) is 3.23. The van der Waals surface area contributed by atoms with E-state index in [0.29, 0.717) is 17.5 Å². The van der Waals surface area contributed by atoms with Gasteiger partial charge in [0.1, 0.15) is 5.82 Å². The first-order valence-corrected chi connectivity index (χ1v) is 6.78. The molecule has 0 amide bonds. The van der Waals surface area contributed by atoms with Crippen LogP contribution >= 0.6 is 11.8 Å². The van der Waals surface area contributed by atoms with Crippen LogP contribution in [0.2, 0.25) is 0 Å². The molecule has 0 bridgehead atoms. The molecule has 0 aliphatic rings. The van der Waals surface area contributed by atoms with Gasteiger partial charge >= 0.3 is 5.69 Å². The van der Waals surface area contributed by atoms with Crippen LogP contribution in [0.3, 0.4) is 0 Å². The zero-order valence-electron chi connectivity index (χ0n) is 11.0. The minimum absolute atomic E-state index is 0.0539. The normalized spacial score (nSPS) is 10.3. The third kappa shape index (κ3) is 3.41. The molecule has 8 heteroatoms. The van der Waals surface area contributed by atoms with Gasteiger partial charge in [0.15, 0.2) is 10.2 Å². The molecule has 2 heterocycles. The Morgan fingerprint density at radius 2 is 2.15 bits per heavy atom. The van der Waals surface area contributed by atoms with E-state index in [-0.39, 0.29) is 10.7 Å². The van der Waals surface area contributed by atoms with Crippen molar-refractivity contribution < 1.29 is 4.92 Å². The second-order valence-electron chi connectivity index (χ2n) is 3.89. The Balaban J connectivity index is 2.36. The van der Waals surface area contributed by atoms with Crippen LogP contribution in [-0.2, 0) is 0 Å². The highest BCUT2D eigenvalue weighted by atomic mass is 32.2. The van der Waals surface area contributed by atoms with Crippen LogP contribution in [0.25, 0.3) is 0 Å². The van der Waals surface area contributed by atoms with Crippen molar-refractivity contribution in [1.82, 2.24) is 15.0 Å². The first-order valence-electron chi connectivity index (χ1n) is 5.97. The Bertz CT molecular complexity index is 635. The lowest BCUT2D eigenvalue weighted by atomic mass is 10.4. The number of rotatable bonds is 5. The fraction of sp³-hybridized carbons (Fsp3) is 0.250. The molecule has 0 atom stereocenters. The third-order valence-electron chi connectivity index (χ3n) is 2.36. The van der Waals surface area contributed by atoms with Gasteiger partial charge in [0.2, 0.25) is 0 Å². The predicted octanol–water partition coefficient (Wildman–Crippen LogP) is 2.67. The minimum Gasteiger partial charge on any atom is -0.370 e. The first-order chi connectivity index (χ1) is 9.60. The maximum atomic E-state index is 11.0. The predicted molar refractivity (Wildman–Crippen MR) is 75.9 cm³/mol. The summed E-state index contributed by atoms with van der Waals surface area (Å²) in [5.74, 6) is 0.591. The summed E-state index contributed by atoms with van der Waals surface area (Å²) in [5, 5.41) is 14.8. The summed E-state index contributed by atoms with van der Waals surface area (Å²) in [5.41, 5.74) is 0.745. The summed E-state index contributed by atoms with van der Waals surface area (Å²) in [6, 6.07) is 4.78. The fourth-order valence-electron chi connectivity index (χ4n) is 1.49. The molecule has 0 radical (unpaired) electrons. The Morgan fingerprint density at radius 3 is 2.80 bits per heavy atom. The van der Waals surface area contributed by atoms with Crippen LogP contribution in [-0.4, -0.2) is 26.4 Å². The van der Waals surface area contributed by atoms with Crippen LogP contribution in [0, 0.1) is 17.0 Å². The van der Waals surface area contributed by atoms with Crippen LogP contribution in [0.5, 0.6) is 0 Å². The van der Waals surface area contributed by atoms with Crippen molar-refractivity contribution >= 4 is 23.3 Å². The van der Waals surface area contributed by atoms with E-state index in [1.165, 1.54) is 6.07 Å². The number of nitro groups is 1. The van der Waals surface area contributed by atoms with Gasteiger partial charge in [0.25, 0.3) is 0 Å². The zero-order chi connectivity index (χ0) is 14.5. The molecular weight excluding hydrogens is 278 g/mol. The number of nitrogens with zero attached hydrogens (tertiary/aromatic N) is 4. The van der Waals surface area contributed by atoms with Gasteiger partial charge in [-0.2, -0.15) is 0 Å². The highest BCUT2D eigenvalue weighted by Gasteiger charge is 2.18. The molecule has 2 rings (SSSR count). The quantitative estimate of drug-likeness (QED) is 0.514. The van der Waals surface area contributed by atoms with Gasteiger partial charge in [-0.15, -0.1) is 0 Å². The van der Waals surface area contributed by atoms with E-state index in [1.54, 1.807) is 18.3 Å². The van der Waals surface area contributed by atoms with E-state index in [2.05, 4.69) is 20.3 Å². The van der Waals surface area contributed by atoms with E-state index in [4.69, 9.17) is 0 Å². The Hall–Kier alpha value is -2.22. The van der Waals surface area contributed by atoms with Gasteiger partial charge < -0.3 is 5.32 Å². The minimum atomic E-state index is -0.457. The largest absolute Gasteiger partial charge is 0.370 e. The second kappa shape index (κ2) is 6.29. The Morgan fingerprint density at radius 1 is 1.35 bits per heavy atom. The summed E-state index contributed by atoms with van der Waals surface area (Å²) in [7, 11) is 0. The number of hydrogen-bond donors (Lipinski definition) is 1. The van der Waals surface area contributed by atoms with Gasteiger partial charge in [0, 0.05) is 24.5 Å². The van der Waals surface area contributed by atoms with E-state index < -0.39 is 4.92 Å². The Labute approximate surface area is 120 Å². The number of hydrogen-bond acceptors (Lipinski definition) is 7. The maximum Gasteiger partial charge on any atom is 0.301 e. The number of pyridine rings is 1. The van der Waals surface area contributed by atoms with E-state index >= 15 is 0 Å². The van der Waals surface area contributed by atoms with Crippen molar-refractivity contribution in [3.8, 4) is 0 Å².